The van der Waals surface area contributed by atoms with Gasteiger partial charge in [-0.15, -0.1) is 0 Å². The van der Waals surface area contributed by atoms with Gasteiger partial charge in [-0.3, -0.25) is 0 Å². The first-order valence-electron chi connectivity index (χ1n) is 6.74. The molecule has 1 atom stereocenters. The van der Waals surface area contributed by atoms with E-state index in [0.717, 1.165) is 19.5 Å². The molecular weight excluding hydrogens is 276 g/mol. The van der Waals surface area contributed by atoms with Crippen molar-refractivity contribution in [2.45, 2.75) is 30.2 Å². The summed E-state index contributed by atoms with van der Waals surface area (Å²) >= 11 is 0. The molecule has 1 aromatic rings. The van der Waals surface area contributed by atoms with E-state index >= 15 is 0 Å². The molecule has 1 aromatic carbocycles. The normalized spacial score (nSPS) is 20.8. The van der Waals surface area contributed by atoms with Gasteiger partial charge in [0.25, 0.3) is 0 Å². The Morgan fingerprint density at radius 3 is 2.80 bits per heavy atom. The fourth-order valence-corrected chi connectivity index (χ4v) is 3.04. The van der Waals surface area contributed by atoms with Crippen LogP contribution in [0.1, 0.15) is 19.3 Å². The first-order valence-corrected chi connectivity index (χ1v) is 8.29. The molecule has 1 aliphatic heterocycles. The van der Waals surface area contributed by atoms with Crippen molar-refractivity contribution in [1.29, 1.82) is 0 Å². The van der Waals surface area contributed by atoms with Gasteiger partial charge in [0.05, 0.1) is 16.3 Å². The van der Waals surface area contributed by atoms with Crippen LogP contribution in [0.15, 0.2) is 23.1 Å². The second-order valence-electron chi connectivity index (χ2n) is 5.31. The number of piperidine rings is 1. The van der Waals surface area contributed by atoms with Crippen molar-refractivity contribution in [3.05, 3.63) is 18.2 Å². The Morgan fingerprint density at radius 1 is 1.40 bits per heavy atom. The fraction of sp³-hybridized carbons (Fsp3) is 0.538. The molecule has 1 fully saturated rings. The van der Waals surface area contributed by atoms with E-state index in [1.54, 1.807) is 6.07 Å². The first-order chi connectivity index (χ1) is 9.38. The summed E-state index contributed by atoms with van der Waals surface area (Å²) in [4.78, 5) is 2.39. The summed E-state index contributed by atoms with van der Waals surface area (Å²) in [5.41, 5.74) is 7.02. The number of nitrogens with zero attached hydrogens (tertiary/aromatic N) is 1. The maximum Gasteiger partial charge on any atom is 0.238 e. The summed E-state index contributed by atoms with van der Waals surface area (Å²) in [6.45, 7) is 1.84. The smallest absolute Gasteiger partial charge is 0.238 e. The van der Waals surface area contributed by atoms with Gasteiger partial charge in [0, 0.05) is 12.6 Å². The van der Waals surface area contributed by atoms with Crippen LogP contribution in [-0.2, 0) is 10.0 Å². The average Bonchev–Trinajstić information content (AvgIpc) is 2.38. The van der Waals surface area contributed by atoms with E-state index in [1.807, 2.05) is 0 Å². The highest BCUT2D eigenvalue weighted by Crippen LogP contribution is 2.23. The SMILES string of the molecule is CN1CCCCC1CNc1cc(S(N)(=O)=O)ccc1N. The Morgan fingerprint density at radius 2 is 2.15 bits per heavy atom. The number of rotatable bonds is 4. The maximum atomic E-state index is 11.4. The molecule has 1 unspecified atom stereocenters. The Labute approximate surface area is 120 Å². The molecule has 0 aliphatic carbocycles. The van der Waals surface area contributed by atoms with E-state index in [4.69, 9.17) is 10.9 Å². The molecule has 20 heavy (non-hydrogen) atoms. The average molecular weight is 298 g/mol. The number of primary sulfonamides is 1. The minimum absolute atomic E-state index is 0.0752. The number of nitrogens with one attached hydrogen (secondary N) is 1. The Bertz CT molecular complexity index is 574. The van der Waals surface area contributed by atoms with Crippen molar-refractivity contribution < 1.29 is 8.42 Å². The lowest BCUT2D eigenvalue weighted by Gasteiger charge is -2.32. The molecule has 112 valence electrons. The predicted octanol–water partition coefficient (Wildman–Crippen LogP) is 0.812. The lowest BCUT2D eigenvalue weighted by molar-refractivity contribution is 0.194. The molecule has 1 heterocycles. The van der Waals surface area contributed by atoms with E-state index in [-0.39, 0.29) is 4.90 Å². The molecule has 0 saturated carbocycles. The number of anilines is 2. The van der Waals surface area contributed by atoms with Crippen LogP contribution in [-0.4, -0.2) is 39.5 Å². The number of benzene rings is 1. The molecule has 0 aromatic heterocycles. The third-order valence-electron chi connectivity index (χ3n) is 3.80. The van der Waals surface area contributed by atoms with Crippen molar-refractivity contribution in [2.24, 2.45) is 5.14 Å². The van der Waals surface area contributed by atoms with E-state index in [1.165, 1.54) is 25.0 Å². The molecule has 1 aliphatic rings. The number of hydrogen-bond donors (Lipinski definition) is 3. The van der Waals surface area contributed by atoms with Crippen LogP contribution in [0.4, 0.5) is 11.4 Å². The highest BCUT2D eigenvalue weighted by molar-refractivity contribution is 7.89. The zero-order valence-electron chi connectivity index (χ0n) is 11.7. The monoisotopic (exact) mass is 298 g/mol. The summed E-state index contributed by atoms with van der Waals surface area (Å²) in [5, 5.41) is 8.37. The van der Waals surface area contributed by atoms with Crippen LogP contribution in [0.2, 0.25) is 0 Å². The highest BCUT2D eigenvalue weighted by Gasteiger charge is 2.19. The van der Waals surface area contributed by atoms with Crippen molar-refractivity contribution in [2.75, 3.05) is 31.2 Å². The lowest BCUT2D eigenvalue weighted by Crippen LogP contribution is -2.40. The van der Waals surface area contributed by atoms with E-state index in [9.17, 15) is 8.42 Å². The summed E-state index contributed by atoms with van der Waals surface area (Å²) in [6.07, 6.45) is 3.59. The minimum atomic E-state index is -3.70. The summed E-state index contributed by atoms with van der Waals surface area (Å²) < 4.78 is 22.7. The summed E-state index contributed by atoms with van der Waals surface area (Å²) in [7, 11) is -1.60. The van der Waals surface area contributed by atoms with E-state index < -0.39 is 10.0 Å². The van der Waals surface area contributed by atoms with Crippen LogP contribution in [0.25, 0.3) is 0 Å². The summed E-state index contributed by atoms with van der Waals surface area (Å²) in [6, 6.07) is 4.92. The van der Waals surface area contributed by atoms with Crippen molar-refractivity contribution >= 4 is 21.4 Å². The molecule has 2 rings (SSSR count). The van der Waals surface area contributed by atoms with Crippen LogP contribution in [0.3, 0.4) is 0 Å². The van der Waals surface area contributed by atoms with Crippen molar-refractivity contribution in [3.8, 4) is 0 Å². The van der Waals surface area contributed by atoms with Crippen LogP contribution in [0.5, 0.6) is 0 Å². The fourth-order valence-electron chi connectivity index (χ4n) is 2.50. The number of nitrogens with two attached hydrogens (primary N) is 2. The molecule has 0 bridgehead atoms. The maximum absolute atomic E-state index is 11.4. The third-order valence-corrected chi connectivity index (χ3v) is 4.71. The largest absolute Gasteiger partial charge is 0.397 e. The molecule has 1 saturated heterocycles. The second kappa shape index (κ2) is 5.99. The zero-order valence-corrected chi connectivity index (χ0v) is 12.5. The quantitative estimate of drug-likeness (QED) is 0.714. The van der Waals surface area contributed by atoms with Gasteiger partial charge in [0.1, 0.15) is 0 Å². The van der Waals surface area contributed by atoms with Gasteiger partial charge in [0.2, 0.25) is 10.0 Å². The van der Waals surface area contributed by atoms with Gasteiger partial charge in [-0.2, -0.15) is 0 Å². The zero-order chi connectivity index (χ0) is 14.8. The van der Waals surface area contributed by atoms with Gasteiger partial charge < -0.3 is 16.0 Å². The van der Waals surface area contributed by atoms with Gasteiger partial charge in [-0.25, -0.2) is 13.6 Å². The van der Waals surface area contributed by atoms with Crippen LogP contribution >= 0.6 is 0 Å². The van der Waals surface area contributed by atoms with Crippen molar-refractivity contribution in [1.82, 2.24) is 4.90 Å². The second-order valence-corrected chi connectivity index (χ2v) is 6.87. The standard InChI is InChI=1S/C13H22N4O2S/c1-17-7-3-2-4-10(17)9-16-13-8-11(20(15,18)19)5-6-12(13)14/h5-6,8,10,16H,2-4,7,9,14H2,1H3,(H2,15,18,19). The van der Waals surface area contributed by atoms with Gasteiger partial charge >= 0.3 is 0 Å². The summed E-state index contributed by atoms with van der Waals surface area (Å²) in [5.74, 6) is 0. The van der Waals surface area contributed by atoms with Gasteiger partial charge in [-0.1, -0.05) is 6.42 Å². The molecule has 0 amide bonds. The van der Waals surface area contributed by atoms with Crippen LogP contribution < -0.4 is 16.2 Å². The Hall–Kier alpha value is -1.31. The lowest BCUT2D eigenvalue weighted by atomic mass is 10.0. The molecule has 0 radical (unpaired) electrons. The van der Waals surface area contributed by atoms with Crippen LogP contribution in [0, 0.1) is 0 Å². The number of likely N-dealkylation sites (N-methyl/N-ethyl adjacent to an activating group) is 1. The molecule has 6 nitrogen and oxygen atoms in total. The number of likely N-dealkylation sites (tertiary alicyclic amines) is 1. The number of hydrogen-bond acceptors (Lipinski definition) is 5. The minimum Gasteiger partial charge on any atom is -0.397 e. The third kappa shape index (κ3) is 3.62. The molecule has 5 N–H and O–H groups in total. The van der Waals surface area contributed by atoms with E-state index in [0.29, 0.717) is 17.4 Å². The molecule has 7 heteroatoms. The number of nitrogen functional groups attached to an aromatic ring is 1. The first kappa shape index (κ1) is 15.1. The Balaban J connectivity index is 2.09. The Kier molecular flexibility index (Phi) is 4.52. The molecule has 0 spiro atoms. The van der Waals surface area contributed by atoms with Gasteiger partial charge in [-0.05, 0) is 44.6 Å². The topological polar surface area (TPSA) is 101 Å². The molecular formula is C13H22N4O2S. The van der Waals surface area contributed by atoms with E-state index in [2.05, 4.69) is 17.3 Å². The number of sulfonamides is 1. The van der Waals surface area contributed by atoms with Crippen molar-refractivity contribution in [3.63, 3.8) is 0 Å². The predicted molar refractivity (Wildman–Crippen MR) is 81.0 cm³/mol. The van der Waals surface area contributed by atoms with Gasteiger partial charge in [0.15, 0.2) is 0 Å². The highest BCUT2D eigenvalue weighted by atomic mass is 32.2.